The van der Waals surface area contributed by atoms with Gasteiger partial charge in [0.15, 0.2) is 5.82 Å². The number of hydrogen-bond acceptors (Lipinski definition) is 6. The minimum absolute atomic E-state index is 0.0568. The molecule has 1 aliphatic carbocycles. The van der Waals surface area contributed by atoms with Crippen molar-refractivity contribution in [3.63, 3.8) is 0 Å². The smallest absolute Gasteiger partial charge is 0.267 e. The van der Waals surface area contributed by atoms with Crippen LogP contribution in [0.3, 0.4) is 0 Å². The largest absolute Gasteiger partial charge is 0.351 e. The summed E-state index contributed by atoms with van der Waals surface area (Å²) in [4.78, 5) is 24.3. The van der Waals surface area contributed by atoms with Crippen LogP contribution in [-0.2, 0) is 0 Å². The van der Waals surface area contributed by atoms with Crippen molar-refractivity contribution in [3.8, 4) is 11.3 Å². The van der Waals surface area contributed by atoms with E-state index in [-0.39, 0.29) is 17.6 Å². The number of halogens is 1. The highest BCUT2D eigenvalue weighted by atomic mass is 19.1. The van der Waals surface area contributed by atoms with Crippen LogP contribution in [0.5, 0.6) is 0 Å². The molecule has 0 spiro atoms. The van der Waals surface area contributed by atoms with E-state index < -0.39 is 5.82 Å². The lowest BCUT2D eigenvalue weighted by molar-refractivity contribution is 0.304. The fourth-order valence-electron chi connectivity index (χ4n) is 3.39. The Labute approximate surface area is 155 Å². The van der Waals surface area contributed by atoms with Gasteiger partial charge in [0.2, 0.25) is 5.95 Å². The molecule has 8 heteroatoms. The van der Waals surface area contributed by atoms with Crippen molar-refractivity contribution in [3.05, 3.63) is 65.2 Å². The van der Waals surface area contributed by atoms with Gasteiger partial charge in [0, 0.05) is 30.1 Å². The quantitative estimate of drug-likeness (QED) is 0.764. The van der Waals surface area contributed by atoms with Crippen LogP contribution in [0.4, 0.5) is 10.3 Å². The summed E-state index contributed by atoms with van der Waals surface area (Å²) in [5.41, 5.74) is 1.53. The summed E-state index contributed by atoms with van der Waals surface area (Å²) in [5, 5.41) is 7.79. The van der Waals surface area contributed by atoms with E-state index in [4.69, 9.17) is 0 Å². The Bertz CT molecular complexity index is 952. The molecule has 1 saturated carbocycles. The van der Waals surface area contributed by atoms with Crippen LogP contribution >= 0.6 is 0 Å². The van der Waals surface area contributed by atoms with Gasteiger partial charge in [-0.25, -0.2) is 19.0 Å². The number of pyridine rings is 1. The molecule has 0 aliphatic heterocycles. The van der Waals surface area contributed by atoms with Crippen molar-refractivity contribution < 1.29 is 4.39 Å². The molecule has 1 fully saturated rings. The van der Waals surface area contributed by atoms with Gasteiger partial charge >= 0.3 is 0 Å². The number of aromatic nitrogens is 5. The summed E-state index contributed by atoms with van der Waals surface area (Å²) in [6.07, 6.45) is 9.10. The van der Waals surface area contributed by atoms with Gasteiger partial charge in [-0.05, 0) is 43.9 Å². The van der Waals surface area contributed by atoms with Crippen LogP contribution in [0, 0.1) is 5.82 Å². The Morgan fingerprint density at radius 1 is 1.04 bits per heavy atom. The summed E-state index contributed by atoms with van der Waals surface area (Å²) in [6, 6.07) is 7.32. The van der Waals surface area contributed by atoms with Crippen LogP contribution in [0.2, 0.25) is 0 Å². The van der Waals surface area contributed by atoms with Gasteiger partial charge in [0.25, 0.3) is 5.56 Å². The lowest BCUT2D eigenvalue weighted by Crippen LogP contribution is -2.33. The third-order valence-corrected chi connectivity index (χ3v) is 4.78. The van der Waals surface area contributed by atoms with Crippen molar-refractivity contribution in [2.45, 2.75) is 37.8 Å². The van der Waals surface area contributed by atoms with Gasteiger partial charge in [-0.2, -0.15) is 5.10 Å². The first kappa shape index (κ1) is 17.3. The standard InChI is InChI=1S/C19H19FN6O/c20-14-11-22-19(23-12-14)24-15-3-5-16(6-4-15)26-18(27)8-7-17(25-26)13-2-1-9-21-10-13/h1-2,7-12,15-16H,3-6H2,(H,22,23,24). The maximum Gasteiger partial charge on any atom is 0.267 e. The predicted molar refractivity (Wildman–Crippen MR) is 98.6 cm³/mol. The third-order valence-electron chi connectivity index (χ3n) is 4.78. The summed E-state index contributed by atoms with van der Waals surface area (Å²) in [6.45, 7) is 0. The van der Waals surface area contributed by atoms with Crippen molar-refractivity contribution in [1.82, 2.24) is 24.7 Å². The van der Waals surface area contributed by atoms with Gasteiger partial charge in [-0.3, -0.25) is 9.78 Å². The molecule has 0 aromatic carbocycles. The number of anilines is 1. The van der Waals surface area contributed by atoms with Gasteiger partial charge < -0.3 is 5.32 Å². The highest BCUT2D eigenvalue weighted by molar-refractivity contribution is 5.56. The maximum atomic E-state index is 12.9. The summed E-state index contributed by atoms with van der Waals surface area (Å²) in [5.74, 6) is -0.0306. The molecule has 0 unspecified atom stereocenters. The normalized spacial score (nSPS) is 19.6. The van der Waals surface area contributed by atoms with Crippen molar-refractivity contribution >= 4 is 5.95 Å². The van der Waals surface area contributed by atoms with E-state index in [0.717, 1.165) is 49.3 Å². The number of nitrogens with zero attached hydrogens (tertiary/aromatic N) is 5. The second-order valence-electron chi connectivity index (χ2n) is 6.62. The second-order valence-corrected chi connectivity index (χ2v) is 6.62. The van der Waals surface area contributed by atoms with Crippen LogP contribution in [-0.4, -0.2) is 30.8 Å². The van der Waals surface area contributed by atoms with Crippen molar-refractivity contribution in [1.29, 1.82) is 0 Å². The Hall–Kier alpha value is -3.16. The van der Waals surface area contributed by atoms with Crippen LogP contribution in [0.15, 0.2) is 53.8 Å². The van der Waals surface area contributed by atoms with Crippen LogP contribution in [0.1, 0.15) is 31.7 Å². The molecule has 0 amide bonds. The van der Waals surface area contributed by atoms with Crippen LogP contribution < -0.4 is 10.9 Å². The third kappa shape index (κ3) is 3.99. The first-order chi connectivity index (χ1) is 13.2. The number of nitrogens with one attached hydrogen (secondary N) is 1. The molecule has 1 N–H and O–H groups in total. The molecule has 0 radical (unpaired) electrons. The van der Waals surface area contributed by atoms with E-state index >= 15 is 0 Å². The van der Waals surface area contributed by atoms with Gasteiger partial charge in [-0.1, -0.05) is 0 Å². The Morgan fingerprint density at radius 3 is 2.52 bits per heavy atom. The van der Waals surface area contributed by atoms with Gasteiger partial charge in [0.05, 0.1) is 24.1 Å². The zero-order valence-corrected chi connectivity index (χ0v) is 14.6. The average Bonchev–Trinajstić information content (AvgIpc) is 2.71. The monoisotopic (exact) mass is 366 g/mol. The molecule has 27 heavy (non-hydrogen) atoms. The molecule has 0 atom stereocenters. The first-order valence-corrected chi connectivity index (χ1v) is 8.93. The lowest BCUT2D eigenvalue weighted by Gasteiger charge is -2.29. The van der Waals surface area contributed by atoms with E-state index in [9.17, 15) is 9.18 Å². The predicted octanol–water partition coefficient (Wildman–Crippen LogP) is 2.83. The molecule has 1 aliphatic rings. The van der Waals surface area contributed by atoms with E-state index in [1.807, 2.05) is 12.1 Å². The van der Waals surface area contributed by atoms with E-state index in [1.54, 1.807) is 29.2 Å². The molecule has 3 heterocycles. The van der Waals surface area contributed by atoms with Crippen LogP contribution in [0.25, 0.3) is 11.3 Å². The molecular formula is C19H19FN6O. The molecule has 138 valence electrons. The summed E-state index contributed by atoms with van der Waals surface area (Å²) >= 11 is 0. The fourth-order valence-corrected chi connectivity index (χ4v) is 3.39. The molecule has 3 aromatic heterocycles. The molecule has 4 rings (SSSR count). The zero-order chi connectivity index (χ0) is 18.6. The average molecular weight is 366 g/mol. The molecular weight excluding hydrogens is 347 g/mol. The first-order valence-electron chi connectivity index (χ1n) is 8.93. The molecule has 3 aromatic rings. The summed E-state index contributed by atoms with van der Waals surface area (Å²) in [7, 11) is 0. The molecule has 0 bridgehead atoms. The Morgan fingerprint density at radius 2 is 1.81 bits per heavy atom. The Balaban J connectivity index is 1.45. The SMILES string of the molecule is O=c1ccc(-c2cccnc2)nn1C1CCC(Nc2ncc(F)cn2)CC1. The minimum atomic E-state index is -0.455. The van der Waals surface area contributed by atoms with Crippen molar-refractivity contribution in [2.75, 3.05) is 5.32 Å². The highest BCUT2D eigenvalue weighted by Crippen LogP contribution is 2.28. The lowest BCUT2D eigenvalue weighted by atomic mass is 9.91. The minimum Gasteiger partial charge on any atom is -0.351 e. The van der Waals surface area contributed by atoms with E-state index in [2.05, 4.69) is 25.4 Å². The van der Waals surface area contributed by atoms with E-state index in [0.29, 0.717) is 5.95 Å². The van der Waals surface area contributed by atoms with E-state index in [1.165, 1.54) is 0 Å². The number of hydrogen-bond donors (Lipinski definition) is 1. The molecule has 7 nitrogen and oxygen atoms in total. The highest BCUT2D eigenvalue weighted by Gasteiger charge is 2.24. The van der Waals surface area contributed by atoms with Gasteiger partial charge in [0.1, 0.15) is 0 Å². The molecule has 0 saturated heterocycles. The zero-order valence-electron chi connectivity index (χ0n) is 14.6. The topological polar surface area (TPSA) is 85.6 Å². The maximum absolute atomic E-state index is 12.9. The summed E-state index contributed by atoms with van der Waals surface area (Å²) < 4.78 is 14.5. The van der Waals surface area contributed by atoms with Gasteiger partial charge in [-0.15, -0.1) is 0 Å². The fraction of sp³-hybridized carbons (Fsp3) is 0.316. The number of rotatable bonds is 4. The van der Waals surface area contributed by atoms with Crippen molar-refractivity contribution in [2.24, 2.45) is 0 Å². The second kappa shape index (κ2) is 7.61. The Kier molecular flexibility index (Phi) is 4.86.